The summed E-state index contributed by atoms with van der Waals surface area (Å²) in [5.41, 5.74) is 19.6. The summed E-state index contributed by atoms with van der Waals surface area (Å²) in [5.74, 6) is -0.385. The van der Waals surface area contributed by atoms with Crippen LogP contribution in [0.25, 0.3) is 0 Å². The molecule has 2 heterocycles. The van der Waals surface area contributed by atoms with Crippen LogP contribution in [0.5, 0.6) is 0 Å². The van der Waals surface area contributed by atoms with Crippen molar-refractivity contribution < 1.29 is 4.79 Å². The number of para-hydroxylation sites is 1. The average Bonchev–Trinajstić information content (AvgIpc) is 2.70. The normalized spacial score (nSPS) is 23.5. The van der Waals surface area contributed by atoms with Crippen LogP contribution in [0.3, 0.4) is 0 Å². The third kappa shape index (κ3) is 2.35. The number of primary amides is 1. The zero-order valence-electron chi connectivity index (χ0n) is 12.8. The molecule has 0 saturated heterocycles. The number of amides is 1. The van der Waals surface area contributed by atoms with E-state index in [-0.39, 0.29) is 23.5 Å². The predicted molar refractivity (Wildman–Crippen MR) is 87.5 cm³/mol. The molecule has 22 heavy (non-hydrogen) atoms. The quantitative estimate of drug-likeness (QED) is 0.751. The van der Waals surface area contributed by atoms with Crippen molar-refractivity contribution >= 4 is 17.4 Å². The largest absolute Gasteiger partial charge is 0.383 e. The monoisotopic (exact) mass is 299 g/mol. The molecule has 2 aliphatic heterocycles. The molecule has 0 fully saturated rings. The molecule has 0 bridgehead atoms. The molecule has 0 saturated carbocycles. The molecular weight excluding hydrogens is 278 g/mol. The van der Waals surface area contributed by atoms with Gasteiger partial charge in [-0.1, -0.05) is 24.3 Å². The number of nitrogens with two attached hydrogens (primary N) is 3. The highest BCUT2D eigenvalue weighted by Gasteiger charge is 2.41. The third-order valence-electron chi connectivity index (χ3n) is 3.98. The van der Waals surface area contributed by atoms with Gasteiger partial charge in [0.05, 0.1) is 5.57 Å². The van der Waals surface area contributed by atoms with E-state index in [0.717, 1.165) is 11.3 Å². The van der Waals surface area contributed by atoms with Crippen molar-refractivity contribution in [1.29, 1.82) is 0 Å². The van der Waals surface area contributed by atoms with Crippen LogP contribution in [0.1, 0.15) is 25.3 Å². The molecule has 2 aliphatic rings. The summed E-state index contributed by atoms with van der Waals surface area (Å²) in [4.78, 5) is 18.2. The van der Waals surface area contributed by atoms with Gasteiger partial charge in [0.2, 0.25) is 0 Å². The number of fused-ring (bicyclic) bond motifs is 3. The number of hydrogen-bond donors (Lipinski definition) is 3. The highest BCUT2D eigenvalue weighted by Crippen LogP contribution is 2.44. The molecule has 2 unspecified atom stereocenters. The van der Waals surface area contributed by atoms with Crippen molar-refractivity contribution in [1.82, 2.24) is 0 Å². The second-order valence-corrected chi connectivity index (χ2v) is 6.57. The molecule has 3 rings (SSSR count). The molecule has 116 valence electrons. The Balaban J connectivity index is 2.08. The number of rotatable bonds is 3. The first-order valence-corrected chi connectivity index (χ1v) is 7.27. The fraction of sp³-hybridized carbons (Fsp3) is 0.375. The van der Waals surface area contributed by atoms with Crippen LogP contribution in [0.15, 0.2) is 40.9 Å². The molecule has 6 heteroatoms. The van der Waals surface area contributed by atoms with Crippen LogP contribution >= 0.6 is 0 Å². The number of carbonyl (C=O) groups excluding carboxylic acids is 1. The van der Waals surface area contributed by atoms with Gasteiger partial charge in [0, 0.05) is 23.7 Å². The number of amidine groups is 1. The lowest BCUT2D eigenvalue weighted by Crippen LogP contribution is -2.49. The number of anilines is 1. The molecule has 0 aliphatic carbocycles. The summed E-state index contributed by atoms with van der Waals surface area (Å²) >= 11 is 0. The van der Waals surface area contributed by atoms with Crippen LogP contribution < -0.4 is 22.1 Å². The maximum Gasteiger partial charge on any atom is 0.252 e. The van der Waals surface area contributed by atoms with Crippen molar-refractivity contribution in [3.8, 4) is 0 Å². The zero-order chi connectivity index (χ0) is 16.1. The van der Waals surface area contributed by atoms with Crippen molar-refractivity contribution in [2.75, 3.05) is 11.4 Å². The summed E-state index contributed by atoms with van der Waals surface area (Å²) in [6, 6.07) is 8.05. The van der Waals surface area contributed by atoms with Crippen molar-refractivity contribution in [3.63, 3.8) is 0 Å². The Kier molecular flexibility index (Phi) is 3.21. The van der Waals surface area contributed by atoms with E-state index in [1.165, 1.54) is 0 Å². The molecule has 1 aromatic rings. The van der Waals surface area contributed by atoms with Gasteiger partial charge in [0.25, 0.3) is 5.91 Å². The van der Waals surface area contributed by atoms with Crippen molar-refractivity contribution in [2.24, 2.45) is 22.2 Å². The van der Waals surface area contributed by atoms with E-state index in [1.54, 1.807) is 0 Å². The van der Waals surface area contributed by atoms with Gasteiger partial charge in [-0.05, 0) is 25.5 Å². The van der Waals surface area contributed by atoms with Gasteiger partial charge < -0.3 is 22.1 Å². The lowest BCUT2D eigenvalue weighted by molar-refractivity contribution is -0.114. The zero-order valence-corrected chi connectivity index (χ0v) is 12.8. The minimum absolute atomic E-state index is 0.0339. The van der Waals surface area contributed by atoms with Crippen LogP contribution in [-0.4, -0.2) is 30.0 Å². The Morgan fingerprint density at radius 3 is 2.68 bits per heavy atom. The van der Waals surface area contributed by atoms with Gasteiger partial charge in [-0.3, -0.25) is 4.79 Å². The first kappa shape index (κ1) is 14.6. The van der Waals surface area contributed by atoms with Crippen LogP contribution in [0, 0.1) is 0 Å². The Bertz CT molecular complexity index is 686. The Morgan fingerprint density at radius 2 is 2.05 bits per heavy atom. The van der Waals surface area contributed by atoms with Gasteiger partial charge >= 0.3 is 0 Å². The van der Waals surface area contributed by atoms with E-state index >= 15 is 0 Å². The molecular formula is C16H21N5O. The summed E-state index contributed by atoms with van der Waals surface area (Å²) < 4.78 is 0. The molecule has 0 aromatic heterocycles. The van der Waals surface area contributed by atoms with E-state index < -0.39 is 5.91 Å². The van der Waals surface area contributed by atoms with Crippen LogP contribution in [0.4, 0.5) is 5.69 Å². The van der Waals surface area contributed by atoms with Crippen LogP contribution in [-0.2, 0) is 4.79 Å². The minimum atomic E-state index is -0.546. The topological polar surface area (TPSA) is 111 Å². The van der Waals surface area contributed by atoms with Gasteiger partial charge in [-0.25, -0.2) is 4.99 Å². The number of dihydropyridines is 1. The fourth-order valence-corrected chi connectivity index (χ4v) is 3.16. The minimum Gasteiger partial charge on any atom is -0.383 e. The average molecular weight is 299 g/mol. The summed E-state index contributed by atoms with van der Waals surface area (Å²) in [6.07, 6.45) is 1.65. The number of carbonyl (C=O) groups is 1. The predicted octanol–water partition coefficient (Wildman–Crippen LogP) is 0.436. The first-order valence-electron chi connectivity index (χ1n) is 7.27. The Labute approximate surface area is 129 Å². The van der Waals surface area contributed by atoms with E-state index in [4.69, 9.17) is 17.2 Å². The standard InChI is InChI=1S/C16H21N5O/c1-16(2,19)8-21-12-6-4-3-5-9(12)10-7-11(14(18)22)13(17)20-15(10)21/h3-7,10,15H,8,19H2,1-2H3,(H2,17,20)(H2,18,22). The Hall–Kier alpha value is -2.34. The second-order valence-electron chi connectivity index (χ2n) is 6.57. The number of hydrogen-bond acceptors (Lipinski definition) is 5. The summed E-state index contributed by atoms with van der Waals surface area (Å²) in [6.45, 7) is 4.59. The smallest absolute Gasteiger partial charge is 0.252 e. The number of nitrogens with zero attached hydrogens (tertiary/aromatic N) is 2. The lowest BCUT2D eigenvalue weighted by Gasteiger charge is -2.34. The maximum atomic E-state index is 11.5. The van der Waals surface area contributed by atoms with Gasteiger partial charge in [0.1, 0.15) is 12.0 Å². The number of aliphatic imine (C=N–C) groups is 1. The second kappa shape index (κ2) is 4.84. The highest BCUT2D eigenvalue weighted by molar-refractivity contribution is 6.20. The molecule has 1 amide bonds. The highest BCUT2D eigenvalue weighted by atomic mass is 16.1. The maximum absolute atomic E-state index is 11.5. The molecule has 6 N–H and O–H groups in total. The third-order valence-corrected chi connectivity index (χ3v) is 3.98. The Morgan fingerprint density at radius 1 is 1.36 bits per heavy atom. The van der Waals surface area contributed by atoms with E-state index in [1.807, 2.05) is 44.2 Å². The van der Waals surface area contributed by atoms with E-state index in [0.29, 0.717) is 12.1 Å². The van der Waals surface area contributed by atoms with E-state index in [2.05, 4.69) is 9.89 Å². The number of benzene rings is 1. The SMILES string of the molecule is CC(C)(N)CN1c2ccccc2C2C=C(C(N)=O)C(N)=NC21. The molecule has 6 nitrogen and oxygen atoms in total. The molecule has 0 spiro atoms. The molecule has 2 atom stereocenters. The summed E-state index contributed by atoms with van der Waals surface area (Å²) in [5, 5.41) is 0. The summed E-state index contributed by atoms with van der Waals surface area (Å²) in [7, 11) is 0. The van der Waals surface area contributed by atoms with Crippen LogP contribution in [0.2, 0.25) is 0 Å². The van der Waals surface area contributed by atoms with Crippen molar-refractivity contribution in [3.05, 3.63) is 41.5 Å². The van der Waals surface area contributed by atoms with Gasteiger partial charge in [-0.2, -0.15) is 0 Å². The van der Waals surface area contributed by atoms with Gasteiger partial charge in [0.15, 0.2) is 0 Å². The van der Waals surface area contributed by atoms with E-state index in [9.17, 15) is 4.79 Å². The lowest BCUT2D eigenvalue weighted by atomic mass is 9.93. The molecule has 0 radical (unpaired) electrons. The first-order chi connectivity index (χ1) is 10.3. The molecule has 1 aromatic carbocycles. The fourth-order valence-electron chi connectivity index (χ4n) is 3.16. The van der Waals surface area contributed by atoms with Gasteiger partial charge in [-0.15, -0.1) is 0 Å². The van der Waals surface area contributed by atoms with Crippen molar-refractivity contribution in [2.45, 2.75) is 31.5 Å².